The highest BCUT2D eigenvalue weighted by Gasteiger charge is 2.12. The number of rotatable bonds is 4. The summed E-state index contributed by atoms with van der Waals surface area (Å²) in [7, 11) is 3.34. The van der Waals surface area contributed by atoms with Crippen molar-refractivity contribution >= 4 is 5.91 Å². The normalized spacial score (nSPS) is 10.0. The lowest BCUT2D eigenvalue weighted by Gasteiger charge is -2.16. The quantitative estimate of drug-likeness (QED) is 0.828. The molecule has 1 aromatic rings. The number of nitrogens with two attached hydrogens (primary N) is 1. The van der Waals surface area contributed by atoms with Gasteiger partial charge in [-0.25, -0.2) is 0 Å². The number of amides is 1. The topological polar surface area (TPSA) is 55.6 Å². The van der Waals surface area contributed by atoms with Gasteiger partial charge in [0.25, 0.3) is 5.91 Å². The average Bonchev–Trinajstić information content (AvgIpc) is 2.29. The van der Waals surface area contributed by atoms with Crippen LogP contribution in [0.25, 0.3) is 0 Å². The molecule has 2 N–H and O–H groups in total. The molecule has 0 aliphatic carbocycles. The molecule has 0 aliphatic rings. The van der Waals surface area contributed by atoms with Crippen LogP contribution in [0, 0.1) is 6.92 Å². The van der Waals surface area contributed by atoms with E-state index in [0.29, 0.717) is 18.7 Å². The van der Waals surface area contributed by atoms with Crippen LogP contribution in [-0.4, -0.2) is 38.1 Å². The Balaban J connectivity index is 2.92. The third-order valence-electron chi connectivity index (χ3n) is 2.47. The van der Waals surface area contributed by atoms with Crippen molar-refractivity contribution in [1.82, 2.24) is 4.90 Å². The summed E-state index contributed by atoms with van der Waals surface area (Å²) in [6, 6.07) is 5.43. The maximum Gasteiger partial charge on any atom is 0.253 e. The van der Waals surface area contributed by atoms with Crippen LogP contribution in [0.4, 0.5) is 0 Å². The van der Waals surface area contributed by atoms with E-state index in [1.165, 1.54) is 0 Å². The maximum absolute atomic E-state index is 11.9. The average molecular weight is 222 g/mol. The van der Waals surface area contributed by atoms with Gasteiger partial charge in [0.2, 0.25) is 0 Å². The molecule has 0 bridgehead atoms. The second kappa shape index (κ2) is 5.51. The summed E-state index contributed by atoms with van der Waals surface area (Å²) in [6.07, 6.45) is 0. The summed E-state index contributed by atoms with van der Waals surface area (Å²) < 4.78 is 5.18. The van der Waals surface area contributed by atoms with E-state index >= 15 is 0 Å². The molecule has 0 spiro atoms. The van der Waals surface area contributed by atoms with E-state index in [1.807, 2.05) is 13.0 Å². The summed E-state index contributed by atoms with van der Waals surface area (Å²) in [5.41, 5.74) is 7.04. The first-order chi connectivity index (χ1) is 7.60. The Morgan fingerprint density at radius 2 is 2.19 bits per heavy atom. The monoisotopic (exact) mass is 222 g/mol. The van der Waals surface area contributed by atoms with Gasteiger partial charge < -0.3 is 15.4 Å². The van der Waals surface area contributed by atoms with Crippen LogP contribution in [0.15, 0.2) is 18.2 Å². The van der Waals surface area contributed by atoms with Gasteiger partial charge in [-0.2, -0.15) is 0 Å². The summed E-state index contributed by atoms with van der Waals surface area (Å²) >= 11 is 0. The first kappa shape index (κ1) is 12.5. The molecule has 4 nitrogen and oxygen atoms in total. The fraction of sp³-hybridized carbons (Fsp3) is 0.417. The Hall–Kier alpha value is -1.55. The first-order valence-electron chi connectivity index (χ1n) is 5.20. The van der Waals surface area contributed by atoms with Crippen LogP contribution >= 0.6 is 0 Å². The minimum Gasteiger partial charge on any atom is -0.496 e. The van der Waals surface area contributed by atoms with Crippen LogP contribution in [0.2, 0.25) is 0 Å². The lowest BCUT2D eigenvalue weighted by Crippen LogP contribution is -2.31. The van der Waals surface area contributed by atoms with Gasteiger partial charge >= 0.3 is 0 Å². The zero-order valence-corrected chi connectivity index (χ0v) is 9.99. The van der Waals surface area contributed by atoms with Crippen molar-refractivity contribution in [3.63, 3.8) is 0 Å². The van der Waals surface area contributed by atoms with Gasteiger partial charge in [-0.3, -0.25) is 4.79 Å². The summed E-state index contributed by atoms with van der Waals surface area (Å²) in [5, 5.41) is 0. The number of carbonyl (C=O) groups excluding carboxylic acids is 1. The van der Waals surface area contributed by atoms with E-state index < -0.39 is 0 Å². The number of benzene rings is 1. The Morgan fingerprint density at radius 3 is 2.75 bits per heavy atom. The number of aryl methyl sites for hydroxylation is 1. The molecule has 16 heavy (non-hydrogen) atoms. The van der Waals surface area contributed by atoms with E-state index in [4.69, 9.17) is 10.5 Å². The SMILES string of the molecule is COc1cc(C(=O)N(C)CCN)ccc1C. The molecular weight excluding hydrogens is 204 g/mol. The second-order valence-electron chi connectivity index (χ2n) is 3.70. The van der Waals surface area contributed by atoms with Crippen molar-refractivity contribution in [2.24, 2.45) is 5.73 Å². The predicted molar refractivity (Wildman–Crippen MR) is 63.7 cm³/mol. The van der Waals surface area contributed by atoms with Gasteiger partial charge in [0.05, 0.1) is 7.11 Å². The van der Waals surface area contributed by atoms with Crippen LogP contribution in [-0.2, 0) is 0 Å². The Labute approximate surface area is 96.0 Å². The van der Waals surface area contributed by atoms with Gasteiger partial charge in [-0.15, -0.1) is 0 Å². The number of likely N-dealkylation sites (N-methyl/N-ethyl adjacent to an activating group) is 1. The third kappa shape index (κ3) is 2.73. The smallest absolute Gasteiger partial charge is 0.253 e. The van der Waals surface area contributed by atoms with Gasteiger partial charge in [0.15, 0.2) is 0 Å². The van der Waals surface area contributed by atoms with E-state index in [-0.39, 0.29) is 5.91 Å². The molecular formula is C12H18N2O2. The molecule has 0 fully saturated rings. The van der Waals surface area contributed by atoms with Crippen molar-refractivity contribution in [3.8, 4) is 5.75 Å². The van der Waals surface area contributed by atoms with Crippen molar-refractivity contribution in [3.05, 3.63) is 29.3 Å². The fourth-order valence-corrected chi connectivity index (χ4v) is 1.47. The molecule has 0 unspecified atom stereocenters. The van der Waals surface area contributed by atoms with Crippen molar-refractivity contribution in [1.29, 1.82) is 0 Å². The number of carbonyl (C=O) groups is 1. The summed E-state index contributed by atoms with van der Waals surface area (Å²) in [4.78, 5) is 13.5. The van der Waals surface area contributed by atoms with Gasteiger partial charge in [0.1, 0.15) is 5.75 Å². The molecule has 1 rings (SSSR count). The van der Waals surface area contributed by atoms with Crippen LogP contribution in [0.3, 0.4) is 0 Å². The lowest BCUT2D eigenvalue weighted by atomic mass is 10.1. The highest BCUT2D eigenvalue weighted by atomic mass is 16.5. The van der Waals surface area contributed by atoms with E-state index in [1.54, 1.807) is 31.2 Å². The molecule has 0 saturated heterocycles. The number of nitrogens with zero attached hydrogens (tertiary/aromatic N) is 1. The van der Waals surface area contributed by atoms with Crippen LogP contribution < -0.4 is 10.5 Å². The Kier molecular flexibility index (Phi) is 4.31. The molecule has 0 radical (unpaired) electrons. The molecule has 0 atom stereocenters. The summed E-state index contributed by atoms with van der Waals surface area (Å²) in [5.74, 6) is 0.691. The van der Waals surface area contributed by atoms with Crippen molar-refractivity contribution in [2.75, 3.05) is 27.2 Å². The highest BCUT2D eigenvalue weighted by molar-refractivity contribution is 5.94. The minimum absolute atomic E-state index is 0.0382. The third-order valence-corrected chi connectivity index (χ3v) is 2.47. The molecule has 1 aromatic carbocycles. The van der Waals surface area contributed by atoms with Crippen LogP contribution in [0.1, 0.15) is 15.9 Å². The second-order valence-corrected chi connectivity index (χ2v) is 3.70. The molecule has 88 valence electrons. The minimum atomic E-state index is -0.0382. The lowest BCUT2D eigenvalue weighted by molar-refractivity contribution is 0.0798. The number of ether oxygens (including phenoxy) is 1. The molecule has 4 heteroatoms. The largest absolute Gasteiger partial charge is 0.496 e. The van der Waals surface area contributed by atoms with E-state index in [9.17, 15) is 4.79 Å². The molecule has 0 aliphatic heterocycles. The molecule has 0 heterocycles. The predicted octanol–water partition coefficient (Wildman–Crippen LogP) is 1.03. The zero-order valence-electron chi connectivity index (χ0n) is 9.99. The van der Waals surface area contributed by atoms with Gasteiger partial charge in [0, 0.05) is 25.7 Å². The van der Waals surface area contributed by atoms with Crippen LogP contribution in [0.5, 0.6) is 5.75 Å². The van der Waals surface area contributed by atoms with E-state index in [0.717, 1.165) is 11.3 Å². The van der Waals surface area contributed by atoms with Crippen molar-refractivity contribution in [2.45, 2.75) is 6.92 Å². The van der Waals surface area contributed by atoms with Gasteiger partial charge in [-0.05, 0) is 24.6 Å². The number of hydrogen-bond donors (Lipinski definition) is 1. The molecule has 0 saturated carbocycles. The maximum atomic E-state index is 11.9. The van der Waals surface area contributed by atoms with Crippen molar-refractivity contribution < 1.29 is 9.53 Å². The fourth-order valence-electron chi connectivity index (χ4n) is 1.47. The number of hydrogen-bond acceptors (Lipinski definition) is 3. The summed E-state index contributed by atoms with van der Waals surface area (Å²) in [6.45, 7) is 2.96. The highest BCUT2D eigenvalue weighted by Crippen LogP contribution is 2.19. The molecule has 1 amide bonds. The Bertz CT molecular complexity index is 377. The van der Waals surface area contributed by atoms with Gasteiger partial charge in [-0.1, -0.05) is 6.07 Å². The number of methoxy groups -OCH3 is 1. The zero-order chi connectivity index (χ0) is 12.1. The standard InChI is InChI=1S/C12H18N2O2/c1-9-4-5-10(8-11(9)16-3)12(15)14(2)7-6-13/h4-5,8H,6-7,13H2,1-3H3. The molecule has 0 aromatic heterocycles. The first-order valence-corrected chi connectivity index (χ1v) is 5.20. The Morgan fingerprint density at radius 1 is 1.50 bits per heavy atom. The van der Waals surface area contributed by atoms with E-state index in [2.05, 4.69) is 0 Å².